The minimum atomic E-state index is -2.61. The van der Waals surface area contributed by atoms with Gasteiger partial charge >= 0.3 is 0 Å². The van der Waals surface area contributed by atoms with E-state index in [0.29, 0.717) is 12.0 Å². The molecule has 0 N–H and O–H groups in total. The van der Waals surface area contributed by atoms with Crippen LogP contribution in [-0.4, -0.2) is 28.4 Å². The number of nitrogens with zero attached hydrogens (tertiary/aromatic N) is 1. The van der Waals surface area contributed by atoms with Crippen LogP contribution < -0.4 is 0 Å². The lowest BCUT2D eigenvalue weighted by Gasteiger charge is -2.29. The number of ketones is 2. The van der Waals surface area contributed by atoms with Gasteiger partial charge in [0.05, 0.1) is 22.9 Å². The van der Waals surface area contributed by atoms with Crippen LogP contribution in [0.25, 0.3) is 0 Å². The van der Waals surface area contributed by atoms with Crippen molar-refractivity contribution in [1.29, 1.82) is 0 Å². The van der Waals surface area contributed by atoms with Gasteiger partial charge in [0, 0.05) is 23.9 Å². The Hall–Kier alpha value is -1.63. The highest BCUT2D eigenvalue weighted by Crippen LogP contribution is 2.38. The summed E-state index contributed by atoms with van der Waals surface area (Å²) in [5.74, 6) is -0.793. The van der Waals surface area contributed by atoms with Crippen LogP contribution in [0.4, 0.5) is 8.78 Å². The maximum absolute atomic E-state index is 12.8. The van der Waals surface area contributed by atoms with Gasteiger partial charge in [-0.3, -0.25) is 14.4 Å². The second-order valence-corrected chi connectivity index (χ2v) is 5.87. The largest absolute Gasteiger partial charge is 0.324 e. The first-order chi connectivity index (χ1) is 9.49. The molecule has 0 spiro atoms. The molecule has 1 aromatic heterocycles. The molecular formula is C13H11F2NO3S. The van der Waals surface area contributed by atoms with Crippen molar-refractivity contribution >= 4 is 28.8 Å². The van der Waals surface area contributed by atoms with Crippen LogP contribution in [0.15, 0.2) is 5.38 Å². The SMILES string of the molecule is O=C1CCC(N2Cc3c(csc3C(F)F)C2=O)C(=O)C1. The highest BCUT2D eigenvalue weighted by atomic mass is 32.1. The van der Waals surface area contributed by atoms with Gasteiger partial charge in [0.15, 0.2) is 5.78 Å². The average Bonchev–Trinajstić information content (AvgIpc) is 2.91. The molecule has 0 saturated heterocycles. The Kier molecular flexibility index (Phi) is 3.16. The molecule has 0 aromatic carbocycles. The number of thiophene rings is 1. The molecule has 1 aliphatic carbocycles. The van der Waals surface area contributed by atoms with Crippen molar-refractivity contribution in [3.8, 4) is 0 Å². The second-order valence-electron chi connectivity index (χ2n) is 4.96. The van der Waals surface area contributed by atoms with Gasteiger partial charge in [0.25, 0.3) is 12.3 Å². The molecule has 1 saturated carbocycles. The van der Waals surface area contributed by atoms with E-state index in [0.717, 1.165) is 11.3 Å². The summed E-state index contributed by atoms with van der Waals surface area (Å²) in [5, 5.41) is 1.43. The van der Waals surface area contributed by atoms with Crippen molar-refractivity contribution in [2.75, 3.05) is 0 Å². The van der Waals surface area contributed by atoms with Gasteiger partial charge in [-0.25, -0.2) is 8.78 Å². The van der Waals surface area contributed by atoms with Crippen molar-refractivity contribution in [3.63, 3.8) is 0 Å². The zero-order chi connectivity index (χ0) is 14.4. The highest BCUT2D eigenvalue weighted by molar-refractivity contribution is 7.10. The molecule has 0 bridgehead atoms. The summed E-state index contributed by atoms with van der Waals surface area (Å²) in [4.78, 5) is 36.5. The van der Waals surface area contributed by atoms with Gasteiger partial charge in [0.1, 0.15) is 5.78 Å². The summed E-state index contributed by atoms with van der Waals surface area (Å²) in [6.07, 6.45) is -2.22. The zero-order valence-corrected chi connectivity index (χ0v) is 11.2. The Bertz CT molecular complexity index is 611. The number of alkyl halides is 2. The minimum absolute atomic E-state index is 0.0436. The van der Waals surface area contributed by atoms with Gasteiger partial charge in [0.2, 0.25) is 0 Å². The average molecular weight is 299 g/mol. The zero-order valence-electron chi connectivity index (χ0n) is 10.4. The molecule has 7 heteroatoms. The van der Waals surface area contributed by atoms with E-state index in [1.54, 1.807) is 0 Å². The van der Waals surface area contributed by atoms with Crippen molar-refractivity contribution in [2.45, 2.75) is 38.3 Å². The van der Waals surface area contributed by atoms with E-state index in [2.05, 4.69) is 0 Å². The number of rotatable bonds is 2. The third kappa shape index (κ3) is 1.96. The lowest BCUT2D eigenvalue weighted by atomic mass is 9.92. The Labute approximate surface area is 117 Å². The quantitative estimate of drug-likeness (QED) is 0.788. The molecule has 1 unspecified atom stereocenters. The predicted molar refractivity (Wildman–Crippen MR) is 66.8 cm³/mol. The summed E-state index contributed by atoms with van der Waals surface area (Å²) in [6, 6.07) is -0.650. The fraction of sp³-hybridized carbons (Fsp3) is 0.462. The topological polar surface area (TPSA) is 54.5 Å². The van der Waals surface area contributed by atoms with Crippen LogP contribution in [0.2, 0.25) is 0 Å². The maximum atomic E-state index is 12.8. The molecule has 4 nitrogen and oxygen atoms in total. The van der Waals surface area contributed by atoms with Crippen molar-refractivity contribution in [3.05, 3.63) is 21.4 Å². The van der Waals surface area contributed by atoms with E-state index in [1.807, 2.05) is 0 Å². The molecule has 1 atom stereocenters. The molecule has 2 heterocycles. The van der Waals surface area contributed by atoms with Gasteiger partial charge in [-0.15, -0.1) is 11.3 Å². The number of halogens is 2. The standard InChI is InChI=1S/C13H11F2NO3S/c14-12(15)11-7-4-16(13(19)8(7)5-20-11)9-2-1-6(17)3-10(9)18/h5,9,12H,1-4H2. The fourth-order valence-electron chi connectivity index (χ4n) is 2.76. The van der Waals surface area contributed by atoms with Crippen LogP contribution in [0.5, 0.6) is 0 Å². The van der Waals surface area contributed by atoms with Crippen molar-refractivity contribution < 1.29 is 23.2 Å². The number of Topliss-reactive ketones (excluding diaryl/α,β-unsaturated/α-hetero) is 2. The van der Waals surface area contributed by atoms with E-state index in [1.165, 1.54) is 10.3 Å². The summed E-state index contributed by atoms with van der Waals surface area (Å²) in [5.41, 5.74) is 0.606. The first-order valence-electron chi connectivity index (χ1n) is 6.23. The van der Waals surface area contributed by atoms with Crippen molar-refractivity contribution in [1.82, 2.24) is 4.90 Å². The van der Waals surface area contributed by atoms with E-state index < -0.39 is 12.5 Å². The predicted octanol–water partition coefficient (Wildman–Crippen LogP) is 2.33. The van der Waals surface area contributed by atoms with Crippen LogP contribution >= 0.6 is 11.3 Å². The molecule has 3 rings (SSSR count). The summed E-state index contributed by atoms with van der Waals surface area (Å²) in [7, 11) is 0. The summed E-state index contributed by atoms with van der Waals surface area (Å²) >= 11 is 0.877. The number of fused-ring (bicyclic) bond motifs is 1. The number of carbonyl (C=O) groups is 3. The Morgan fingerprint density at radius 1 is 1.30 bits per heavy atom. The second kappa shape index (κ2) is 4.73. The molecule has 2 aliphatic rings. The molecule has 1 amide bonds. The number of carbonyl (C=O) groups excluding carboxylic acids is 3. The van der Waals surface area contributed by atoms with Crippen molar-refractivity contribution in [2.24, 2.45) is 0 Å². The Morgan fingerprint density at radius 2 is 2.05 bits per heavy atom. The molecular weight excluding hydrogens is 288 g/mol. The third-order valence-electron chi connectivity index (χ3n) is 3.76. The van der Waals surface area contributed by atoms with Crippen LogP contribution in [0.1, 0.15) is 46.5 Å². The molecule has 20 heavy (non-hydrogen) atoms. The first-order valence-corrected chi connectivity index (χ1v) is 7.10. The molecule has 1 aromatic rings. The summed E-state index contributed by atoms with van der Waals surface area (Å²) in [6.45, 7) is 0.0436. The van der Waals surface area contributed by atoms with E-state index in [-0.39, 0.29) is 47.3 Å². The molecule has 106 valence electrons. The molecule has 0 radical (unpaired) electrons. The lowest BCUT2D eigenvalue weighted by Crippen LogP contribution is -2.44. The van der Waals surface area contributed by atoms with E-state index in [9.17, 15) is 23.2 Å². The normalized spacial score (nSPS) is 22.9. The number of hydrogen-bond acceptors (Lipinski definition) is 4. The smallest absolute Gasteiger partial charge is 0.273 e. The third-order valence-corrected chi connectivity index (χ3v) is 4.79. The summed E-state index contributed by atoms with van der Waals surface area (Å²) < 4.78 is 25.7. The Morgan fingerprint density at radius 3 is 2.70 bits per heavy atom. The van der Waals surface area contributed by atoms with Crippen LogP contribution in [0, 0.1) is 0 Å². The van der Waals surface area contributed by atoms with E-state index >= 15 is 0 Å². The van der Waals surface area contributed by atoms with Crippen LogP contribution in [0.3, 0.4) is 0 Å². The van der Waals surface area contributed by atoms with Crippen LogP contribution in [-0.2, 0) is 16.1 Å². The minimum Gasteiger partial charge on any atom is -0.324 e. The number of amides is 1. The lowest BCUT2D eigenvalue weighted by molar-refractivity contribution is -0.133. The van der Waals surface area contributed by atoms with E-state index in [4.69, 9.17) is 0 Å². The monoisotopic (exact) mass is 299 g/mol. The highest BCUT2D eigenvalue weighted by Gasteiger charge is 2.41. The first kappa shape index (κ1) is 13.4. The molecule has 1 aliphatic heterocycles. The Balaban J connectivity index is 1.86. The molecule has 1 fully saturated rings. The maximum Gasteiger partial charge on any atom is 0.273 e. The van der Waals surface area contributed by atoms with Gasteiger partial charge in [-0.2, -0.15) is 0 Å². The fourth-order valence-corrected chi connectivity index (χ4v) is 3.67. The number of hydrogen-bond donors (Lipinski definition) is 0. The van der Waals surface area contributed by atoms with Gasteiger partial charge in [-0.05, 0) is 6.42 Å². The van der Waals surface area contributed by atoms with Gasteiger partial charge < -0.3 is 4.90 Å². The van der Waals surface area contributed by atoms with Gasteiger partial charge in [-0.1, -0.05) is 0 Å².